The van der Waals surface area contributed by atoms with E-state index in [1.165, 1.54) is 0 Å². The predicted octanol–water partition coefficient (Wildman–Crippen LogP) is 1.24. The zero-order valence-electron chi connectivity index (χ0n) is 14.8. The minimum Gasteiger partial charge on any atom is -0.486 e. The van der Waals surface area contributed by atoms with Crippen LogP contribution in [0.15, 0.2) is 48.5 Å². The number of amides is 2. The van der Waals surface area contributed by atoms with Crippen molar-refractivity contribution >= 4 is 11.8 Å². The van der Waals surface area contributed by atoms with Gasteiger partial charge in [0.25, 0.3) is 5.91 Å². The van der Waals surface area contributed by atoms with Crippen LogP contribution in [0, 0.1) is 0 Å². The first-order chi connectivity index (χ1) is 13.1. The molecule has 0 saturated carbocycles. The second kappa shape index (κ2) is 8.66. The number of nitrogens with one attached hydrogen (secondary N) is 1. The van der Waals surface area contributed by atoms with Crippen molar-refractivity contribution in [3.8, 4) is 5.75 Å². The molecule has 2 atom stereocenters. The Bertz CT molecular complexity index is 789. The van der Waals surface area contributed by atoms with Crippen LogP contribution in [0.25, 0.3) is 0 Å². The molecule has 7 heteroatoms. The first-order valence-corrected chi connectivity index (χ1v) is 8.72. The number of primary amides is 1. The molecule has 2 aromatic rings. The second-order valence-corrected chi connectivity index (χ2v) is 6.34. The van der Waals surface area contributed by atoms with E-state index in [1.54, 1.807) is 48.5 Å². The van der Waals surface area contributed by atoms with Gasteiger partial charge in [0.2, 0.25) is 5.91 Å². The summed E-state index contributed by atoms with van der Waals surface area (Å²) in [4.78, 5) is 23.7. The lowest BCUT2D eigenvalue weighted by Crippen LogP contribution is -2.51. The molecule has 4 N–H and O–H groups in total. The fourth-order valence-corrected chi connectivity index (χ4v) is 2.88. The molecule has 0 aliphatic carbocycles. The maximum Gasteiger partial charge on any atom is 0.251 e. The first-order valence-electron chi connectivity index (χ1n) is 8.72. The van der Waals surface area contributed by atoms with Crippen molar-refractivity contribution in [1.82, 2.24) is 5.32 Å². The molecule has 1 aliphatic rings. The molecule has 0 aromatic heterocycles. The Hall–Kier alpha value is -2.90. The number of ether oxygens (including phenoxy) is 2. The van der Waals surface area contributed by atoms with E-state index in [0.29, 0.717) is 36.5 Å². The van der Waals surface area contributed by atoms with E-state index >= 15 is 0 Å². The molecule has 2 aromatic carbocycles. The van der Waals surface area contributed by atoms with E-state index < -0.39 is 5.91 Å². The fourth-order valence-electron chi connectivity index (χ4n) is 2.88. The lowest BCUT2D eigenvalue weighted by Gasteiger charge is -2.32. The zero-order valence-corrected chi connectivity index (χ0v) is 14.8. The van der Waals surface area contributed by atoms with Gasteiger partial charge in [0.15, 0.2) is 0 Å². The molecule has 27 heavy (non-hydrogen) atoms. The number of hydrogen-bond acceptors (Lipinski definition) is 5. The Labute approximate surface area is 157 Å². The van der Waals surface area contributed by atoms with Crippen LogP contribution in [-0.4, -0.2) is 42.3 Å². The van der Waals surface area contributed by atoms with Crippen LogP contribution in [-0.2, 0) is 11.3 Å². The molecule has 1 aliphatic heterocycles. The van der Waals surface area contributed by atoms with Gasteiger partial charge in [-0.25, -0.2) is 0 Å². The monoisotopic (exact) mass is 370 g/mol. The van der Waals surface area contributed by atoms with Crippen LogP contribution in [0.2, 0.25) is 0 Å². The van der Waals surface area contributed by atoms with E-state index in [1.807, 2.05) is 0 Å². The largest absolute Gasteiger partial charge is 0.486 e. The summed E-state index contributed by atoms with van der Waals surface area (Å²) in [5, 5.41) is 12.1. The molecular weight excluding hydrogens is 348 g/mol. The van der Waals surface area contributed by atoms with E-state index in [0.717, 1.165) is 5.56 Å². The van der Waals surface area contributed by atoms with Crippen LogP contribution >= 0.6 is 0 Å². The number of aliphatic hydroxyl groups is 1. The van der Waals surface area contributed by atoms with Gasteiger partial charge < -0.3 is 25.6 Å². The molecule has 0 spiro atoms. The maximum atomic E-state index is 12.5. The highest BCUT2D eigenvalue weighted by atomic mass is 16.5. The third-order valence-electron chi connectivity index (χ3n) is 4.45. The van der Waals surface area contributed by atoms with Crippen molar-refractivity contribution in [2.75, 3.05) is 13.2 Å². The van der Waals surface area contributed by atoms with Crippen molar-refractivity contribution in [2.24, 2.45) is 5.73 Å². The van der Waals surface area contributed by atoms with Crippen LogP contribution in [0.1, 0.15) is 32.7 Å². The van der Waals surface area contributed by atoms with Crippen molar-refractivity contribution in [3.05, 3.63) is 65.2 Å². The van der Waals surface area contributed by atoms with Gasteiger partial charge in [0.05, 0.1) is 19.3 Å². The highest BCUT2D eigenvalue weighted by molar-refractivity contribution is 5.94. The average Bonchev–Trinajstić information content (AvgIpc) is 2.70. The van der Waals surface area contributed by atoms with Crippen molar-refractivity contribution < 1.29 is 24.2 Å². The summed E-state index contributed by atoms with van der Waals surface area (Å²) in [6.45, 7) is 0.827. The van der Waals surface area contributed by atoms with Gasteiger partial charge in [-0.2, -0.15) is 0 Å². The lowest BCUT2D eigenvalue weighted by atomic mass is 10.0. The molecule has 0 bridgehead atoms. The molecule has 1 heterocycles. The van der Waals surface area contributed by atoms with E-state index in [2.05, 4.69) is 5.32 Å². The highest BCUT2D eigenvalue weighted by Crippen LogP contribution is 2.19. The minimum atomic E-state index is -0.500. The lowest BCUT2D eigenvalue weighted by molar-refractivity contribution is -0.0135. The molecular formula is C20H22N2O5. The average molecular weight is 370 g/mol. The number of rotatable bonds is 6. The summed E-state index contributed by atoms with van der Waals surface area (Å²) in [5.41, 5.74) is 6.90. The number of hydrogen-bond donors (Lipinski definition) is 3. The number of carbonyl (C=O) groups is 2. The second-order valence-electron chi connectivity index (χ2n) is 6.34. The smallest absolute Gasteiger partial charge is 0.251 e. The van der Waals surface area contributed by atoms with Gasteiger partial charge in [-0.05, 0) is 48.4 Å². The molecule has 0 unspecified atom stereocenters. The van der Waals surface area contributed by atoms with Gasteiger partial charge in [-0.1, -0.05) is 12.1 Å². The summed E-state index contributed by atoms with van der Waals surface area (Å²) < 4.78 is 11.4. The Morgan fingerprint density at radius 2 is 1.78 bits per heavy atom. The normalized spacial score (nSPS) is 19.3. The van der Waals surface area contributed by atoms with Crippen LogP contribution in [0.5, 0.6) is 5.75 Å². The van der Waals surface area contributed by atoms with Crippen LogP contribution < -0.4 is 15.8 Å². The molecule has 3 rings (SSSR count). The van der Waals surface area contributed by atoms with Crippen LogP contribution in [0.4, 0.5) is 0 Å². The van der Waals surface area contributed by atoms with Gasteiger partial charge in [0, 0.05) is 17.7 Å². The van der Waals surface area contributed by atoms with Crippen molar-refractivity contribution in [3.63, 3.8) is 0 Å². The van der Waals surface area contributed by atoms with Gasteiger partial charge in [-0.3, -0.25) is 9.59 Å². The summed E-state index contributed by atoms with van der Waals surface area (Å²) >= 11 is 0. The summed E-state index contributed by atoms with van der Waals surface area (Å²) in [6.07, 6.45) is 0.281. The molecule has 0 radical (unpaired) electrons. The Morgan fingerprint density at radius 3 is 2.41 bits per heavy atom. The SMILES string of the molecule is NC(=O)c1ccc(O[C@@H]2COCC[C@H]2NC(=O)c2ccc(CO)cc2)cc1. The third kappa shape index (κ3) is 4.84. The molecule has 7 nitrogen and oxygen atoms in total. The fraction of sp³-hybridized carbons (Fsp3) is 0.300. The number of benzene rings is 2. The van der Waals surface area contributed by atoms with E-state index in [4.69, 9.17) is 20.3 Å². The topological polar surface area (TPSA) is 111 Å². The number of aliphatic hydroxyl groups excluding tert-OH is 1. The molecule has 142 valence electrons. The van der Waals surface area contributed by atoms with Crippen molar-refractivity contribution in [2.45, 2.75) is 25.2 Å². The Balaban J connectivity index is 1.65. The molecule has 1 saturated heterocycles. The summed E-state index contributed by atoms with van der Waals surface area (Å²) in [6, 6.07) is 13.1. The maximum absolute atomic E-state index is 12.5. The quantitative estimate of drug-likeness (QED) is 0.709. The predicted molar refractivity (Wildman–Crippen MR) is 98.4 cm³/mol. The van der Waals surface area contributed by atoms with E-state index in [-0.39, 0.29) is 24.7 Å². The Morgan fingerprint density at radius 1 is 1.11 bits per heavy atom. The minimum absolute atomic E-state index is 0.0632. The Kier molecular flexibility index (Phi) is 6.05. The molecule has 1 fully saturated rings. The standard InChI is InChI=1S/C20H22N2O5/c21-19(24)14-5-7-16(8-6-14)27-18-12-26-10-9-17(18)22-20(25)15-3-1-13(11-23)2-4-15/h1-8,17-18,23H,9-12H2,(H2,21,24)(H,22,25)/t17-,18-/m1/s1. The van der Waals surface area contributed by atoms with E-state index in [9.17, 15) is 9.59 Å². The summed E-state index contributed by atoms with van der Waals surface area (Å²) in [5.74, 6) is -0.133. The van der Waals surface area contributed by atoms with Crippen molar-refractivity contribution in [1.29, 1.82) is 0 Å². The van der Waals surface area contributed by atoms with Crippen LogP contribution in [0.3, 0.4) is 0 Å². The zero-order chi connectivity index (χ0) is 19.2. The highest BCUT2D eigenvalue weighted by Gasteiger charge is 2.29. The van der Waals surface area contributed by atoms with Gasteiger partial charge >= 0.3 is 0 Å². The molecule has 2 amide bonds. The first kappa shape index (κ1) is 18.9. The number of nitrogens with two attached hydrogens (primary N) is 1. The summed E-state index contributed by atoms with van der Waals surface area (Å²) in [7, 11) is 0. The van der Waals surface area contributed by atoms with Gasteiger partial charge in [-0.15, -0.1) is 0 Å². The third-order valence-corrected chi connectivity index (χ3v) is 4.45. The number of carbonyl (C=O) groups excluding carboxylic acids is 2. The van der Waals surface area contributed by atoms with Gasteiger partial charge in [0.1, 0.15) is 11.9 Å².